The number of hydrogen-bond acceptors (Lipinski definition) is 4. The van der Waals surface area contributed by atoms with Crippen molar-refractivity contribution in [2.75, 3.05) is 5.32 Å². The number of anilines is 1. The van der Waals surface area contributed by atoms with Crippen LogP contribution in [0.25, 0.3) is 11.1 Å². The van der Waals surface area contributed by atoms with Gasteiger partial charge in [0, 0.05) is 12.4 Å². The van der Waals surface area contributed by atoms with Gasteiger partial charge in [-0.15, -0.1) is 0 Å². The van der Waals surface area contributed by atoms with Gasteiger partial charge in [0.2, 0.25) is 5.91 Å². The molecular formula is C14H11F3N4O2. The first-order valence-electron chi connectivity index (χ1n) is 6.63. The normalized spacial score (nSPS) is 13.2. The van der Waals surface area contributed by atoms with Gasteiger partial charge < -0.3 is 9.73 Å². The van der Waals surface area contributed by atoms with Gasteiger partial charge in [-0.05, 0) is 25.1 Å². The van der Waals surface area contributed by atoms with Crippen molar-refractivity contribution in [1.82, 2.24) is 14.8 Å². The lowest BCUT2D eigenvalue weighted by molar-refractivity contribution is -0.156. The number of alkyl halides is 3. The van der Waals surface area contributed by atoms with Gasteiger partial charge in [-0.2, -0.15) is 18.3 Å². The van der Waals surface area contributed by atoms with Crippen LogP contribution in [-0.4, -0.2) is 20.7 Å². The largest absolute Gasteiger partial charge is 0.468 e. The van der Waals surface area contributed by atoms with Crippen LogP contribution in [0, 0.1) is 0 Å². The zero-order chi connectivity index (χ0) is 16.6. The summed E-state index contributed by atoms with van der Waals surface area (Å²) in [6.07, 6.45) is -1.55. The number of rotatable bonds is 3. The Morgan fingerprint density at radius 3 is 2.78 bits per heavy atom. The number of halogens is 3. The van der Waals surface area contributed by atoms with E-state index in [1.54, 1.807) is 19.2 Å². The van der Waals surface area contributed by atoms with Gasteiger partial charge in [0.05, 0.1) is 5.69 Å². The summed E-state index contributed by atoms with van der Waals surface area (Å²) in [7, 11) is 0. The summed E-state index contributed by atoms with van der Waals surface area (Å²) in [5.74, 6) is -1.79. The predicted octanol–water partition coefficient (Wildman–Crippen LogP) is 3.24. The number of aromatic nitrogens is 3. The summed E-state index contributed by atoms with van der Waals surface area (Å²) >= 11 is 0. The molecule has 1 atom stereocenters. The SMILES string of the molecule is CC(C(=O)Nc1cccc2oc(C(F)(F)F)nc12)n1cccn1. The fourth-order valence-electron chi connectivity index (χ4n) is 2.04. The number of para-hydroxylation sites is 1. The van der Waals surface area contributed by atoms with Crippen LogP contribution in [0.1, 0.15) is 18.9 Å². The Morgan fingerprint density at radius 2 is 2.13 bits per heavy atom. The summed E-state index contributed by atoms with van der Waals surface area (Å²) in [5.41, 5.74) is 0.0356. The molecule has 0 aliphatic rings. The molecule has 0 fully saturated rings. The van der Waals surface area contributed by atoms with Crippen LogP contribution in [0.5, 0.6) is 0 Å². The third kappa shape index (κ3) is 2.89. The van der Waals surface area contributed by atoms with Gasteiger partial charge in [-0.25, -0.2) is 4.98 Å². The van der Waals surface area contributed by atoms with Gasteiger partial charge in [0.15, 0.2) is 5.58 Å². The third-order valence-corrected chi connectivity index (χ3v) is 3.22. The summed E-state index contributed by atoms with van der Waals surface area (Å²) in [6, 6.07) is 5.32. The lowest BCUT2D eigenvalue weighted by atomic mass is 10.2. The second-order valence-corrected chi connectivity index (χ2v) is 4.82. The zero-order valence-electron chi connectivity index (χ0n) is 11.8. The van der Waals surface area contributed by atoms with E-state index in [0.29, 0.717) is 0 Å². The highest BCUT2D eigenvalue weighted by atomic mass is 19.4. The van der Waals surface area contributed by atoms with Crippen LogP contribution in [0.2, 0.25) is 0 Å². The van der Waals surface area contributed by atoms with Crippen molar-refractivity contribution in [1.29, 1.82) is 0 Å². The number of hydrogen-bond donors (Lipinski definition) is 1. The Bertz CT molecular complexity index is 839. The smallest absolute Gasteiger partial charge is 0.433 e. The minimum absolute atomic E-state index is 0.0538. The van der Waals surface area contributed by atoms with Gasteiger partial charge >= 0.3 is 12.1 Å². The van der Waals surface area contributed by atoms with Crippen LogP contribution >= 0.6 is 0 Å². The number of fused-ring (bicyclic) bond motifs is 1. The number of nitrogens with zero attached hydrogens (tertiary/aromatic N) is 3. The van der Waals surface area contributed by atoms with Crippen molar-refractivity contribution in [2.24, 2.45) is 0 Å². The highest BCUT2D eigenvalue weighted by Crippen LogP contribution is 2.33. The lowest BCUT2D eigenvalue weighted by Gasteiger charge is -2.12. The maximum Gasteiger partial charge on any atom is 0.468 e. The van der Waals surface area contributed by atoms with Crippen molar-refractivity contribution >= 4 is 22.7 Å². The predicted molar refractivity (Wildman–Crippen MR) is 74.6 cm³/mol. The van der Waals surface area contributed by atoms with E-state index in [0.717, 1.165) is 0 Å². The maximum atomic E-state index is 12.7. The molecular weight excluding hydrogens is 313 g/mol. The molecule has 3 rings (SSSR count). The minimum Gasteiger partial charge on any atom is -0.433 e. The van der Waals surface area contributed by atoms with Crippen LogP contribution in [0.3, 0.4) is 0 Å². The number of amides is 1. The molecule has 0 aliphatic heterocycles. The average Bonchev–Trinajstić information content (AvgIpc) is 3.15. The van der Waals surface area contributed by atoms with Crippen molar-refractivity contribution in [2.45, 2.75) is 19.1 Å². The molecule has 1 N–H and O–H groups in total. The fraction of sp³-hybridized carbons (Fsp3) is 0.214. The summed E-state index contributed by atoms with van der Waals surface area (Å²) < 4.78 is 44.2. The molecule has 2 heterocycles. The highest BCUT2D eigenvalue weighted by molar-refractivity contribution is 6.00. The number of oxazole rings is 1. The molecule has 0 saturated heterocycles. The monoisotopic (exact) mass is 324 g/mol. The Hall–Kier alpha value is -2.84. The van der Waals surface area contributed by atoms with Crippen molar-refractivity contribution in [3.63, 3.8) is 0 Å². The van der Waals surface area contributed by atoms with Crippen molar-refractivity contribution in [3.8, 4) is 0 Å². The number of benzene rings is 1. The molecule has 9 heteroatoms. The van der Waals surface area contributed by atoms with E-state index in [2.05, 4.69) is 19.8 Å². The first-order valence-corrected chi connectivity index (χ1v) is 6.63. The van der Waals surface area contributed by atoms with E-state index in [1.807, 2.05) is 0 Å². The molecule has 0 spiro atoms. The lowest BCUT2D eigenvalue weighted by Crippen LogP contribution is -2.24. The Labute approximate surface area is 127 Å². The molecule has 1 aromatic carbocycles. The molecule has 1 amide bonds. The standard InChI is InChI=1S/C14H11F3N4O2/c1-8(21-7-3-6-18-21)12(22)19-9-4-2-5-10-11(9)20-13(23-10)14(15,16)17/h2-8H,1H3,(H,19,22). The van der Waals surface area contributed by atoms with E-state index < -0.39 is 24.0 Å². The molecule has 0 bridgehead atoms. The topological polar surface area (TPSA) is 73.0 Å². The quantitative estimate of drug-likeness (QED) is 0.803. The van der Waals surface area contributed by atoms with E-state index in [9.17, 15) is 18.0 Å². The molecule has 3 aromatic rings. The molecule has 1 unspecified atom stereocenters. The van der Waals surface area contributed by atoms with Crippen molar-refractivity contribution < 1.29 is 22.4 Å². The van der Waals surface area contributed by atoms with Crippen LogP contribution in [0.4, 0.5) is 18.9 Å². The maximum absolute atomic E-state index is 12.7. The molecule has 0 saturated carbocycles. The van der Waals surface area contributed by atoms with Crippen LogP contribution in [-0.2, 0) is 11.0 Å². The molecule has 120 valence electrons. The van der Waals surface area contributed by atoms with Crippen LogP contribution < -0.4 is 5.32 Å². The minimum atomic E-state index is -4.69. The van der Waals surface area contributed by atoms with Gasteiger partial charge in [0.25, 0.3) is 0 Å². The molecule has 0 radical (unpaired) electrons. The van der Waals surface area contributed by atoms with Gasteiger partial charge in [-0.3, -0.25) is 9.48 Å². The first kappa shape index (κ1) is 15.1. The van der Waals surface area contributed by atoms with Gasteiger partial charge in [0.1, 0.15) is 11.6 Å². The molecule has 23 heavy (non-hydrogen) atoms. The number of nitrogens with one attached hydrogen (secondary N) is 1. The molecule has 2 aromatic heterocycles. The third-order valence-electron chi connectivity index (χ3n) is 3.22. The number of carbonyl (C=O) groups is 1. The van der Waals surface area contributed by atoms with Gasteiger partial charge in [-0.1, -0.05) is 6.07 Å². The zero-order valence-corrected chi connectivity index (χ0v) is 11.8. The molecule has 0 aliphatic carbocycles. The number of carbonyl (C=O) groups excluding carboxylic acids is 1. The summed E-state index contributed by atoms with van der Waals surface area (Å²) in [6.45, 7) is 1.62. The van der Waals surface area contributed by atoms with E-state index in [1.165, 1.54) is 29.1 Å². The van der Waals surface area contributed by atoms with Crippen LogP contribution in [0.15, 0.2) is 41.1 Å². The summed E-state index contributed by atoms with van der Waals surface area (Å²) in [5, 5.41) is 6.50. The average molecular weight is 324 g/mol. The second-order valence-electron chi connectivity index (χ2n) is 4.82. The van der Waals surface area contributed by atoms with E-state index in [-0.39, 0.29) is 16.8 Å². The highest BCUT2D eigenvalue weighted by Gasteiger charge is 2.37. The van der Waals surface area contributed by atoms with E-state index >= 15 is 0 Å². The Kier molecular flexibility index (Phi) is 3.55. The first-order chi connectivity index (χ1) is 10.9. The van der Waals surface area contributed by atoms with Crippen molar-refractivity contribution in [3.05, 3.63) is 42.5 Å². The Balaban J connectivity index is 1.91. The second kappa shape index (κ2) is 5.41. The summed E-state index contributed by atoms with van der Waals surface area (Å²) in [4.78, 5) is 15.6. The molecule has 6 nitrogen and oxygen atoms in total. The Morgan fingerprint density at radius 1 is 1.35 bits per heavy atom. The fourth-order valence-corrected chi connectivity index (χ4v) is 2.04. The van der Waals surface area contributed by atoms with E-state index in [4.69, 9.17) is 0 Å².